The molecular weight excluding hydrogens is 353 g/mol. The number of aromatic nitrogens is 3. The van der Waals surface area contributed by atoms with E-state index in [0.29, 0.717) is 19.0 Å². The second-order valence-electron chi connectivity index (χ2n) is 5.62. The number of aryl methyl sites for hydroxylation is 1. The molecule has 0 saturated carbocycles. The molecule has 2 heterocycles. The van der Waals surface area contributed by atoms with Crippen molar-refractivity contribution in [1.82, 2.24) is 20.0 Å². The Morgan fingerprint density at radius 2 is 2.00 bits per heavy atom. The van der Waals surface area contributed by atoms with Gasteiger partial charge in [-0.2, -0.15) is 18.2 Å². The van der Waals surface area contributed by atoms with Gasteiger partial charge in [0.05, 0.1) is 22.8 Å². The Morgan fingerprint density at radius 3 is 2.68 bits per heavy atom. The number of hydrogen-bond acceptors (Lipinski definition) is 6. The maximum absolute atomic E-state index is 12.8. The van der Waals surface area contributed by atoms with Crippen LogP contribution in [0.1, 0.15) is 22.2 Å². The van der Waals surface area contributed by atoms with E-state index in [9.17, 15) is 13.2 Å². The topological polar surface area (TPSA) is 55.1 Å². The molecule has 0 amide bonds. The standard InChI is InChI=1S/C16H15F3N4OS/c1-10-20-13(9-25-10)7-23(2)8-14-21-15(22-24-14)11-4-3-5-12(6-11)16(17,18)19/h3-6,9H,7-8H2,1-2H3. The van der Waals surface area contributed by atoms with Gasteiger partial charge >= 0.3 is 6.18 Å². The molecule has 132 valence electrons. The molecule has 3 aromatic rings. The van der Waals surface area contributed by atoms with Crippen molar-refractivity contribution in [3.63, 3.8) is 0 Å². The molecule has 0 atom stereocenters. The van der Waals surface area contributed by atoms with Gasteiger partial charge in [0.25, 0.3) is 0 Å². The molecule has 5 nitrogen and oxygen atoms in total. The summed E-state index contributed by atoms with van der Waals surface area (Å²) in [4.78, 5) is 10.5. The number of halogens is 3. The molecule has 0 aliphatic rings. The van der Waals surface area contributed by atoms with Crippen molar-refractivity contribution in [2.45, 2.75) is 26.2 Å². The Balaban J connectivity index is 1.70. The van der Waals surface area contributed by atoms with E-state index >= 15 is 0 Å². The second-order valence-corrected chi connectivity index (χ2v) is 6.68. The highest BCUT2D eigenvalue weighted by Crippen LogP contribution is 2.31. The van der Waals surface area contributed by atoms with Crippen LogP contribution in [-0.4, -0.2) is 27.1 Å². The first-order chi connectivity index (χ1) is 11.8. The molecule has 0 N–H and O–H groups in total. The van der Waals surface area contributed by atoms with Gasteiger partial charge < -0.3 is 4.52 Å². The number of thiazole rings is 1. The Kier molecular flexibility index (Phi) is 4.87. The van der Waals surface area contributed by atoms with Crippen LogP contribution in [0.2, 0.25) is 0 Å². The van der Waals surface area contributed by atoms with E-state index in [-0.39, 0.29) is 11.4 Å². The van der Waals surface area contributed by atoms with Crippen LogP contribution in [0, 0.1) is 6.92 Å². The lowest BCUT2D eigenvalue weighted by Crippen LogP contribution is -2.17. The monoisotopic (exact) mass is 368 g/mol. The van der Waals surface area contributed by atoms with Gasteiger partial charge in [0.15, 0.2) is 0 Å². The third-order valence-electron chi connectivity index (χ3n) is 3.42. The Bertz CT molecular complexity index is 859. The maximum Gasteiger partial charge on any atom is 0.416 e. The molecule has 0 spiro atoms. The summed E-state index contributed by atoms with van der Waals surface area (Å²) in [6.45, 7) is 2.93. The minimum absolute atomic E-state index is 0.138. The van der Waals surface area contributed by atoms with Gasteiger partial charge in [0.1, 0.15) is 0 Å². The first-order valence-corrected chi connectivity index (χ1v) is 8.29. The lowest BCUT2D eigenvalue weighted by atomic mass is 10.1. The highest BCUT2D eigenvalue weighted by atomic mass is 32.1. The molecule has 0 saturated heterocycles. The third-order valence-corrected chi connectivity index (χ3v) is 4.24. The molecule has 0 aliphatic heterocycles. The Labute approximate surface area is 146 Å². The molecule has 0 radical (unpaired) electrons. The molecule has 0 aliphatic carbocycles. The zero-order chi connectivity index (χ0) is 18.0. The number of nitrogens with zero attached hydrogens (tertiary/aromatic N) is 4. The molecule has 2 aromatic heterocycles. The average Bonchev–Trinajstić information content (AvgIpc) is 3.16. The van der Waals surface area contributed by atoms with E-state index in [1.807, 2.05) is 24.3 Å². The first kappa shape index (κ1) is 17.6. The van der Waals surface area contributed by atoms with Crippen molar-refractivity contribution in [3.8, 4) is 11.4 Å². The van der Waals surface area contributed by atoms with Gasteiger partial charge in [-0.05, 0) is 26.1 Å². The summed E-state index contributed by atoms with van der Waals surface area (Å²) in [6, 6.07) is 4.86. The molecule has 25 heavy (non-hydrogen) atoms. The molecule has 3 rings (SSSR count). The zero-order valence-corrected chi connectivity index (χ0v) is 14.4. The molecule has 9 heteroatoms. The highest BCUT2D eigenvalue weighted by Gasteiger charge is 2.30. The van der Waals surface area contributed by atoms with E-state index in [2.05, 4.69) is 15.1 Å². The molecule has 0 fully saturated rings. The minimum Gasteiger partial charge on any atom is -0.338 e. The molecule has 0 unspecified atom stereocenters. The summed E-state index contributed by atoms with van der Waals surface area (Å²) in [7, 11) is 1.88. The largest absolute Gasteiger partial charge is 0.416 e. The molecule has 1 aromatic carbocycles. The van der Waals surface area contributed by atoms with Gasteiger partial charge in [-0.1, -0.05) is 17.3 Å². The van der Waals surface area contributed by atoms with Gasteiger partial charge in [-0.15, -0.1) is 11.3 Å². The number of benzene rings is 1. The van der Waals surface area contributed by atoms with Crippen molar-refractivity contribution in [3.05, 3.63) is 51.8 Å². The lowest BCUT2D eigenvalue weighted by Gasteiger charge is -2.11. The van der Waals surface area contributed by atoms with Gasteiger partial charge in [-0.3, -0.25) is 4.90 Å². The maximum atomic E-state index is 12.8. The smallest absolute Gasteiger partial charge is 0.338 e. The van der Waals surface area contributed by atoms with E-state index in [1.54, 1.807) is 11.3 Å². The molecule has 0 bridgehead atoms. The van der Waals surface area contributed by atoms with Crippen LogP contribution < -0.4 is 0 Å². The fourth-order valence-electron chi connectivity index (χ4n) is 2.32. The van der Waals surface area contributed by atoms with Crippen molar-refractivity contribution >= 4 is 11.3 Å². The summed E-state index contributed by atoms with van der Waals surface area (Å²) in [5, 5.41) is 6.75. The lowest BCUT2D eigenvalue weighted by molar-refractivity contribution is -0.137. The zero-order valence-electron chi connectivity index (χ0n) is 13.5. The fourth-order valence-corrected chi connectivity index (χ4v) is 2.92. The van der Waals surface area contributed by atoms with Crippen LogP contribution in [0.25, 0.3) is 11.4 Å². The summed E-state index contributed by atoms with van der Waals surface area (Å²) < 4.78 is 43.5. The van der Waals surface area contributed by atoms with Crippen LogP contribution in [-0.2, 0) is 19.3 Å². The Hall–Kier alpha value is -2.26. The van der Waals surface area contributed by atoms with E-state index in [0.717, 1.165) is 22.8 Å². The fraction of sp³-hybridized carbons (Fsp3) is 0.312. The summed E-state index contributed by atoms with van der Waals surface area (Å²) in [5.74, 6) is 0.473. The predicted octanol–water partition coefficient (Wildman–Crippen LogP) is 4.15. The number of rotatable bonds is 5. The summed E-state index contributed by atoms with van der Waals surface area (Å²) >= 11 is 1.58. The second kappa shape index (κ2) is 6.93. The van der Waals surface area contributed by atoms with Crippen molar-refractivity contribution < 1.29 is 17.7 Å². The van der Waals surface area contributed by atoms with Crippen molar-refractivity contribution in [2.75, 3.05) is 7.05 Å². The number of alkyl halides is 3. The van der Waals surface area contributed by atoms with E-state index < -0.39 is 11.7 Å². The van der Waals surface area contributed by atoms with Gasteiger partial charge in [0, 0.05) is 17.5 Å². The number of hydrogen-bond donors (Lipinski definition) is 0. The van der Waals surface area contributed by atoms with Crippen LogP contribution in [0.4, 0.5) is 13.2 Å². The summed E-state index contributed by atoms with van der Waals surface area (Å²) in [5.41, 5.74) is 0.470. The van der Waals surface area contributed by atoms with E-state index in [1.165, 1.54) is 12.1 Å². The van der Waals surface area contributed by atoms with Gasteiger partial charge in [0.2, 0.25) is 11.7 Å². The first-order valence-electron chi connectivity index (χ1n) is 7.41. The van der Waals surface area contributed by atoms with Crippen molar-refractivity contribution in [2.24, 2.45) is 0 Å². The Morgan fingerprint density at radius 1 is 1.20 bits per heavy atom. The SMILES string of the molecule is Cc1nc(CN(C)Cc2nc(-c3cccc(C(F)(F)F)c3)no2)cs1. The highest BCUT2D eigenvalue weighted by molar-refractivity contribution is 7.09. The average molecular weight is 368 g/mol. The van der Waals surface area contributed by atoms with Gasteiger partial charge in [-0.25, -0.2) is 4.98 Å². The minimum atomic E-state index is -4.41. The van der Waals surface area contributed by atoms with Crippen LogP contribution >= 0.6 is 11.3 Å². The summed E-state index contributed by atoms with van der Waals surface area (Å²) in [6.07, 6.45) is -4.41. The quantitative estimate of drug-likeness (QED) is 0.677. The predicted molar refractivity (Wildman–Crippen MR) is 86.8 cm³/mol. The van der Waals surface area contributed by atoms with Crippen LogP contribution in [0.15, 0.2) is 34.2 Å². The van der Waals surface area contributed by atoms with Crippen LogP contribution in [0.5, 0.6) is 0 Å². The normalized spacial score (nSPS) is 12.1. The van der Waals surface area contributed by atoms with Crippen molar-refractivity contribution in [1.29, 1.82) is 0 Å². The third kappa shape index (κ3) is 4.43. The van der Waals surface area contributed by atoms with Crippen LogP contribution in [0.3, 0.4) is 0 Å². The molecular formula is C16H15F3N4OS. The van der Waals surface area contributed by atoms with E-state index in [4.69, 9.17) is 4.52 Å².